The number of nitrogens with one attached hydrogen (secondary N) is 2. The number of methoxy groups -OCH3 is 1. The van der Waals surface area contributed by atoms with Gasteiger partial charge in [-0.2, -0.15) is 0 Å². The van der Waals surface area contributed by atoms with Crippen molar-refractivity contribution in [1.82, 2.24) is 15.6 Å². The van der Waals surface area contributed by atoms with E-state index in [2.05, 4.69) is 15.6 Å². The molecule has 10 nitrogen and oxygen atoms in total. The highest BCUT2D eigenvalue weighted by Crippen LogP contribution is 2.27. The Morgan fingerprint density at radius 3 is 2.36 bits per heavy atom. The number of hydrogen-bond donors (Lipinski definition) is 2. The van der Waals surface area contributed by atoms with Crippen LogP contribution in [0.2, 0.25) is 0 Å². The molecule has 1 heterocycles. The molecule has 0 atom stereocenters. The molecule has 0 bridgehead atoms. The minimum atomic E-state index is -0.525. The number of non-ortho nitro benzene ring substituents is 1. The van der Waals surface area contributed by atoms with E-state index in [1.54, 1.807) is 24.6 Å². The van der Waals surface area contributed by atoms with Gasteiger partial charge in [-0.15, -0.1) is 11.3 Å². The van der Waals surface area contributed by atoms with E-state index in [0.717, 1.165) is 0 Å². The topological polar surface area (TPSA) is 133 Å². The van der Waals surface area contributed by atoms with Crippen LogP contribution in [0.15, 0.2) is 53.9 Å². The number of nitro groups is 1. The van der Waals surface area contributed by atoms with Gasteiger partial charge in [-0.3, -0.25) is 19.7 Å². The van der Waals surface area contributed by atoms with Crippen molar-refractivity contribution in [1.29, 1.82) is 0 Å². The number of thiazole rings is 1. The predicted molar refractivity (Wildman–Crippen MR) is 122 cm³/mol. The molecule has 0 spiro atoms. The van der Waals surface area contributed by atoms with Gasteiger partial charge < -0.3 is 20.1 Å². The number of amides is 2. The molecule has 172 valence electrons. The van der Waals surface area contributed by atoms with Crippen molar-refractivity contribution in [2.75, 3.05) is 20.2 Å². The Kier molecular flexibility index (Phi) is 8.30. The van der Waals surface area contributed by atoms with Gasteiger partial charge in [-0.1, -0.05) is 12.1 Å². The van der Waals surface area contributed by atoms with Crippen LogP contribution in [0.1, 0.15) is 32.3 Å². The minimum absolute atomic E-state index is 0.0779. The molecule has 0 fully saturated rings. The number of benzene rings is 2. The normalized spacial score (nSPS) is 10.3. The number of nitro benzene ring substituents is 1. The first kappa shape index (κ1) is 23.7. The third kappa shape index (κ3) is 6.74. The van der Waals surface area contributed by atoms with E-state index in [-0.39, 0.29) is 24.1 Å². The second-order valence-corrected chi connectivity index (χ2v) is 7.68. The average molecular weight is 471 g/mol. The van der Waals surface area contributed by atoms with E-state index in [1.807, 2.05) is 12.1 Å². The standard InChI is InChI=1S/C22H22N4O6S/c1-31-18-5-2-3-6-19(18)32-13-20-25-17(14-33-20)22(28)24-12-4-11-23-21(27)15-7-9-16(10-8-15)26(29)30/h2-3,5-10,14H,4,11-13H2,1H3,(H,23,27)(H,24,28). The number of carbonyl (C=O) groups is 2. The largest absolute Gasteiger partial charge is 0.493 e. The maximum absolute atomic E-state index is 12.3. The van der Waals surface area contributed by atoms with Gasteiger partial charge in [-0.25, -0.2) is 4.98 Å². The van der Waals surface area contributed by atoms with E-state index in [4.69, 9.17) is 9.47 Å². The summed E-state index contributed by atoms with van der Waals surface area (Å²) < 4.78 is 11.0. The number of aromatic nitrogens is 1. The van der Waals surface area contributed by atoms with Crippen LogP contribution in [-0.4, -0.2) is 41.9 Å². The third-order valence-electron chi connectivity index (χ3n) is 4.47. The Hall–Kier alpha value is -3.99. The van der Waals surface area contributed by atoms with Gasteiger partial charge in [0, 0.05) is 36.2 Å². The van der Waals surface area contributed by atoms with Crippen LogP contribution in [0, 0.1) is 10.1 Å². The summed E-state index contributed by atoms with van der Waals surface area (Å²) in [5, 5.41) is 18.4. The second kappa shape index (κ2) is 11.6. The van der Waals surface area contributed by atoms with Crippen LogP contribution in [0.25, 0.3) is 0 Å². The van der Waals surface area contributed by atoms with Crippen LogP contribution in [0.5, 0.6) is 11.5 Å². The van der Waals surface area contributed by atoms with Gasteiger partial charge in [0.25, 0.3) is 17.5 Å². The van der Waals surface area contributed by atoms with Gasteiger partial charge in [0.2, 0.25) is 0 Å². The van der Waals surface area contributed by atoms with Gasteiger partial charge in [0.05, 0.1) is 12.0 Å². The summed E-state index contributed by atoms with van der Waals surface area (Å²) in [6.07, 6.45) is 0.512. The monoisotopic (exact) mass is 470 g/mol. The first-order chi connectivity index (χ1) is 16.0. The summed E-state index contributed by atoms with van der Waals surface area (Å²) in [6.45, 7) is 0.905. The molecule has 3 rings (SSSR count). The molecule has 0 aliphatic rings. The summed E-state index contributed by atoms with van der Waals surface area (Å²) in [7, 11) is 1.56. The van der Waals surface area contributed by atoms with Crippen LogP contribution in [-0.2, 0) is 6.61 Å². The molecular weight excluding hydrogens is 448 g/mol. The van der Waals surface area contributed by atoms with Crippen molar-refractivity contribution in [3.05, 3.63) is 80.3 Å². The lowest BCUT2D eigenvalue weighted by Gasteiger charge is -2.08. The average Bonchev–Trinajstić information content (AvgIpc) is 3.31. The summed E-state index contributed by atoms with van der Waals surface area (Å²) in [4.78, 5) is 38.7. The van der Waals surface area contributed by atoms with Crippen molar-refractivity contribution in [3.8, 4) is 11.5 Å². The van der Waals surface area contributed by atoms with E-state index < -0.39 is 4.92 Å². The molecule has 2 N–H and O–H groups in total. The molecule has 2 amide bonds. The molecule has 0 radical (unpaired) electrons. The van der Waals surface area contributed by atoms with Gasteiger partial charge in [0.1, 0.15) is 17.3 Å². The zero-order valence-corrected chi connectivity index (χ0v) is 18.6. The number of ether oxygens (including phenoxy) is 2. The Labute approximate surface area is 193 Å². The van der Waals surface area contributed by atoms with Gasteiger partial charge in [0.15, 0.2) is 11.5 Å². The quantitative estimate of drug-likeness (QED) is 0.250. The van der Waals surface area contributed by atoms with Crippen molar-refractivity contribution >= 4 is 28.8 Å². The highest BCUT2D eigenvalue weighted by atomic mass is 32.1. The lowest BCUT2D eigenvalue weighted by atomic mass is 10.2. The van der Waals surface area contributed by atoms with Crippen molar-refractivity contribution in [3.63, 3.8) is 0 Å². The molecule has 0 aliphatic heterocycles. The maximum atomic E-state index is 12.3. The Balaban J connectivity index is 1.37. The van der Waals surface area contributed by atoms with Crippen LogP contribution < -0.4 is 20.1 Å². The van der Waals surface area contributed by atoms with Crippen LogP contribution >= 0.6 is 11.3 Å². The smallest absolute Gasteiger partial charge is 0.270 e. The number of para-hydroxylation sites is 2. The number of carbonyl (C=O) groups excluding carboxylic acids is 2. The molecule has 0 unspecified atom stereocenters. The number of rotatable bonds is 11. The van der Waals surface area contributed by atoms with Crippen LogP contribution in [0.3, 0.4) is 0 Å². The van der Waals surface area contributed by atoms with E-state index in [0.29, 0.717) is 47.3 Å². The second-order valence-electron chi connectivity index (χ2n) is 6.74. The minimum Gasteiger partial charge on any atom is -0.493 e. The van der Waals surface area contributed by atoms with Gasteiger partial charge >= 0.3 is 0 Å². The summed E-state index contributed by atoms with van der Waals surface area (Å²) >= 11 is 1.32. The molecule has 0 aliphatic carbocycles. The summed E-state index contributed by atoms with van der Waals surface area (Å²) in [5.74, 6) is 0.566. The predicted octanol–water partition coefficient (Wildman–Crippen LogP) is 3.19. The zero-order chi connectivity index (χ0) is 23.6. The lowest BCUT2D eigenvalue weighted by molar-refractivity contribution is -0.384. The molecule has 3 aromatic rings. The Bertz CT molecular complexity index is 1120. The highest BCUT2D eigenvalue weighted by molar-refractivity contribution is 7.09. The summed E-state index contributed by atoms with van der Waals surface area (Å²) in [5.41, 5.74) is 0.550. The fraction of sp³-hybridized carbons (Fsp3) is 0.227. The molecule has 2 aromatic carbocycles. The van der Waals surface area contributed by atoms with Crippen molar-refractivity contribution < 1.29 is 24.0 Å². The molecule has 0 saturated carbocycles. The van der Waals surface area contributed by atoms with Gasteiger partial charge in [-0.05, 0) is 30.7 Å². The SMILES string of the molecule is COc1ccccc1OCc1nc(C(=O)NCCCNC(=O)c2ccc([N+](=O)[O-])cc2)cs1. The highest BCUT2D eigenvalue weighted by Gasteiger charge is 2.12. The first-order valence-corrected chi connectivity index (χ1v) is 10.9. The molecule has 1 aromatic heterocycles. The lowest BCUT2D eigenvalue weighted by Crippen LogP contribution is -2.30. The van der Waals surface area contributed by atoms with E-state index in [9.17, 15) is 19.7 Å². The van der Waals surface area contributed by atoms with Crippen molar-refractivity contribution in [2.45, 2.75) is 13.0 Å². The molecule has 0 saturated heterocycles. The zero-order valence-electron chi connectivity index (χ0n) is 17.8. The van der Waals surface area contributed by atoms with E-state index in [1.165, 1.54) is 35.6 Å². The Morgan fingerprint density at radius 1 is 1.03 bits per heavy atom. The van der Waals surface area contributed by atoms with Crippen LogP contribution in [0.4, 0.5) is 5.69 Å². The molecule has 11 heteroatoms. The summed E-state index contributed by atoms with van der Waals surface area (Å²) in [6, 6.07) is 12.6. The fourth-order valence-electron chi connectivity index (χ4n) is 2.78. The van der Waals surface area contributed by atoms with Crippen molar-refractivity contribution in [2.24, 2.45) is 0 Å². The molecule has 33 heavy (non-hydrogen) atoms. The fourth-order valence-corrected chi connectivity index (χ4v) is 3.46. The van der Waals surface area contributed by atoms with E-state index >= 15 is 0 Å². The Morgan fingerprint density at radius 2 is 1.70 bits per heavy atom. The third-order valence-corrected chi connectivity index (χ3v) is 5.29. The number of nitrogens with zero attached hydrogens (tertiary/aromatic N) is 2. The maximum Gasteiger partial charge on any atom is 0.270 e. The first-order valence-electron chi connectivity index (χ1n) is 9.99. The number of hydrogen-bond acceptors (Lipinski definition) is 8. The molecular formula is C22H22N4O6S.